The molecule has 1 aliphatic carbocycles. The zero-order valence-corrected chi connectivity index (χ0v) is 11.1. The summed E-state index contributed by atoms with van der Waals surface area (Å²) in [7, 11) is 0. The van der Waals surface area contributed by atoms with Gasteiger partial charge in [-0.15, -0.1) is 0 Å². The van der Waals surface area contributed by atoms with Crippen LogP contribution in [0.4, 0.5) is 5.69 Å². The molecular formula is C16H23NO. The van der Waals surface area contributed by atoms with Crippen molar-refractivity contribution in [3.8, 4) is 0 Å². The third-order valence-corrected chi connectivity index (χ3v) is 4.75. The van der Waals surface area contributed by atoms with Gasteiger partial charge in [0.05, 0.1) is 12.1 Å². The van der Waals surface area contributed by atoms with E-state index in [0.29, 0.717) is 5.92 Å². The molecule has 0 bridgehead atoms. The van der Waals surface area contributed by atoms with Gasteiger partial charge in [-0.25, -0.2) is 0 Å². The molecule has 1 fully saturated rings. The maximum atomic E-state index is 10.6. The summed E-state index contributed by atoms with van der Waals surface area (Å²) in [6.45, 7) is 2.33. The zero-order valence-electron chi connectivity index (χ0n) is 11.1. The van der Waals surface area contributed by atoms with Crippen LogP contribution in [-0.4, -0.2) is 17.3 Å². The number of aliphatic hydroxyl groups is 1. The van der Waals surface area contributed by atoms with Gasteiger partial charge in [-0.3, -0.25) is 0 Å². The lowest BCUT2D eigenvalue weighted by Crippen LogP contribution is -2.39. The van der Waals surface area contributed by atoms with Crippen molar-refractivity contribution in [2.75, 3.05) is 5.32 Å². The fourth-order valence-electron chi connectivity index (χ4n) is 3.49. The molecular weight excluding hydrogens is 222 g/mol. The van der Waals surface area contributed by atoms with E-state index in [2.05, 4.69) is 36.5 Å². The van der Waals surface area contributed by atoms with Crippen molar-refractivity contribution in [1.29, 1.82) is 0 Å². The molecule has 1 heterocycles. The van der Waals surface area contributed by atoms with Crippen LogP contribution in [0.1, 0.15) is 38.2 Å². The van der Waals surface area contributed by atoms with E-state index in [-0.39, 0.29) is 12.1 Å². The van der Waals surface area contributed by atoms with E-state index < -0.39 is 0 Å². The van der Waals surface area contributed by atoms with Crippen molar-refractivity contribution in [3.05, 3.63) is 29.8 Å². The van der Waals surface area contributed by atoms with Crippen LogP contribution in [-0.2, 0) is 6.42 Å². The molecule has 0 amide bonds. The van der Waals surface area contributed by atoms with Gasteiger partial charge in [-0.2, -0.15) is 0 Å². The van der Waals surface area contributed by atoms with Crippen LogP contribution in [0.25, 0.3) is 0 Å². The maximum Gasteiger partial charge on any atom is 0.0772 e. The van der Waals surface area contributed by atoms with E-state index in [1.807, 2.05) is 0 Å². The molecule has 0 saturated heterocycles. The van der Waals surface area contributed by atoms with E-state index in [0.717, 1.165) is 12.3 Å². The summed E-state index contributed by atoms with van der Waals surface area (Å²) in [5.41, 5.74) is 2.57. The minimum Gasteiger partial charge on any atom is -0.391 e. The Hall–Kier alpha value is -1.02. The Bertz CT molecular complexity index is 384. The van der Waals surface area contributed by atoms with Gasteiger partial charge < -0.3 is 10.4 Å². The number of nitrogens with one attached hydrogen (secondary N) is 1. The molecule has 2 heteroatoms. The van der Waals surface area contributed by atoms with Gasteiger partial charge in [-0.1, -0.05) is 38.0 Å². The molecule has 1 aromatic rings. The van der Waals surface area contributed by atoms with Gasteiger partial charge in [-0.05, 0) is 42.7 Å². The number of hydrogen-bond donors (Lipinski definition) is 2. The average molecular weight is 245 g/mol. The first-order chi connectivity index (χ1) is 8.74. The molecule has 18 heavy (non-hydrogen) atoms. The van der Waals surface area contributed by atoms with Gasteiger partial charge >= 0.3 is 0 Å². The van der Waals surface area contributed by atoms with Gasteiger partial charge in [0.2, 0.25) is 0 Å². The topological polar surface area (TPSA) is 32.3 Å². The minimum atomic E-state index is -0.190. The highest BCUT2D eigenvalue weighted by atomic mass is 16.3. The fraction of sp³-hybridized carbons (Fsp3) is 0.625. The lowest BCUT2D eigenvalue weighted by atomic mass is 9.78. The third kappa shape index (κ3) is 2.26. The smallest absolute Gasteiger partial charge is 0.0772 e. The number of benzene rings is 1. The Balaban J connectivity index is 1.63. The Morgan fingerprint density at radius 1 is 1.17 bits per heavy atom. The van der Waals surface area contributed by atoms with Crippen LogP contribution in [0.3, 0.4) is 0 Å². The van der Waals surface area contributed by atoms with Crippen LogP contribution in [0.15, 0.2) is 24.3 Å². The molecule has 1 aromatic carbocycles. The number of fused-ring (bicyclic) bond motifs is 1. The number of hydrogen-bond acceptors (Lipinski definition) is 2. The van der Waals surface area contributed by atoms with E-state index >= 15 is 0 Å². The summed E-state index contributed by atoms with van der Waals surface area (Å²) in [4.78, 5) is 0. The summed E-state index contributed by atoms with van der Waals surface area (Å²) in [5.74, 6) is 1.34. The van der Waals surface area contributed by atoms with Gasteiger partial charge in [0, 0.05) is 5.69 Å². The molecule has 2 nitrogen and oxygen atoms in total. The Labute approximate surface area is 109 Å². The lowest BCUT2D eigenvalue weighted by Gasteiger charge is -2.33. The van der Waals surface area contributed by atoms with Crippen molar-refractivity contribution in [1.82, 2.24) is 0 Å². The highest BCUT2D eigenvalue weighted by Crippen LogP contribution is 2.35. The predicted octanol–water partition coefficient (Wildman–Crippen LogP) is 3.21. The standard InChI is InChI=1S/C16H23NO/c1-11-6-8-12(9-7-11)16(18)15-10-13-4-2-3-5-14(13)17-15/h2-5,11-12,15-18H,6-10H2,1H3. The first-order valence-electron chi connectivity index (χ1n) is 7.26. The SMILES string of the molecule is CC1CCC(C(O)C2Cc3ccccc3N2)CC1. The molecule has 0 spiro atoms. The van der Waals surface area contributed by atoms with Crippen LogP contribution in [0, 0.1) is 11.8 Å². The number of para-hydroxylation sites is 1. The van der Waals surface area contributed by atoms with Crippen molar-refractivity contribution >= 4 is 5.69 Å². The second-order valence-electron chi connectivity index (χ2n) is 6.12. The molecule has 98 valence electrons. The molecule has 1 saturated carbocycles. The van der Waals surface area contributed by atoms with Crippen molar-refractivity contribution in [2.24, 2.45) is 11.8 Å². The number of anilines is 1. The van der Waals surface area contributed by atoms with E-state index in [1.165, 1.54) is 36.9 Å². The van der Waals surface area contributed by atoms with E-state index in [9.17, 15) is 5.11 Å². The Morgan fingerprint density at radius 2 is 1.89 bits per heavy atom. The Morgan fingerprint density at radius 3 is 2.61 bits per heavy atom. The van der Waals surface area contributed by atoms with E-state index in [4.69, 9.17) is 0 Å². The van der Waals surface area contributed by atoms with Crippen LogP contribution in [0.5, 0.6) is 0 Å². The summed E-state index contributed by atoms with van der Waals surface area (Å²) in [5, 5.41) is 14.1. The van der Waals surface area contributed by atoms with Crippen molar-refractivity contribution in [3.63, 3.8) is 0 Å². The maximum absolute atomic E-state index is 10.6. The van der Waals surface area contributed by atoms with Crippen LogP contribution in [0.2, 0.25) is 0 Å². The quantitative estimate of drug-likeness (QED) is 0.838. The first kappa shape index (κ1) is 12.0. The molecule has 0 radical (unpaired) electrons. The third-order valence-electron chi connectivity index (χ3n) is 4.75. The highest BCUT2D eigenvalue weighted by molar-refractivity contribution is 5.56. The summed E-state index contributed by atoms with van der Waals surface area (Å²) in [6, 6.07) is 8.64. The van der Waals surface area contributed by atoms with Crippen molar-refractivity contribution in [2.45, 2.75) is 51.2 Å². The predicted molar refractivity (Wildman–Crippen MR) is 74.7 cm³/mol. The summed E-state index contributed by atoms with van der Waals surface area (Å²) >= 11 is 0. The molecule has 2 aliphatic rings. The number of aliphatic hydroxyl groups excluding tert-OH is 1. The summed E-state index contributed by atoms with van der Waals surface area (Å²) in [6.07, 6.45) is 5.73. The lowest BCUT2D eigenvalue weighted by molar-refractivity contribution is 0.0616. The average Bonchev–Trinajstić information content (AvgIpc) is 2.82. The largest absolute Gasteiger partial charge is 0.391 e. The zero-order chi connectivity index (χ0) is 12.5. The normalized spacial score (nSPS) is 32.7. The molecule has 3 rings (SSSR count). The molecule has 0 aromatic heterocycles. The Kier molecular flexibility index (Phi) is 3.29. The molecule has 2 unspecified atom stereocenters. The summed E-state index contributed by atoms with van der Waals surface area (Å²) < 4.78 is 0. The fourth-order valence-corrected chi connectivity index (χ4v) is 3.49. The van der Waals surface area contributed by atoms with Gasteiger partial charge in [0.25, 0.3) is 0 Å². The number of rotatable bonds is 2. The minimum absolute atomic E-state index is 0.190. The molecule has 2 N–H and O–H groups in total. The second-order valence-corrected chi connectivity index (χ2v) is 6.12. The van der Waals surface area contributed by atoms with E-state index in [1.54, 1.807) is 0 Å². The molecule has 1 aliphatic heterocycles. The van der Waals surface area contributed by atoms with Crippen LogP contribution < -0.4 is 5.32 Å². The van der Waals surface area contributed by atoms with Gasteiger partial charge in [0.1, 0.15) is 0 Å². The second kappa shape index (κ2) is 4.93. The first-order valence-corrected chi connectivity index (χ1v) is 7.26. The van der Waals surface area contributed by atoms with Gasteiger partial charge in [0.15, 0.2) is 0 Å². The monoisotopic (exact) mass is 245 g/mol. The highest BCUT2D eigenvalue weighted by Gasteiger charge is 2.33. The molecule has 2 atom stereocenters. The van der Waals surface area contributed by atoms with Crippen molar-refractivity contribution < 1.29 is 5.11 Å². The van der Waals surface area contributed by atoms with Crippen LogP contribution >= 0.6 is 0 Å².